The molecule has 0 spiro atoms. The van der Waals surface area contributed by atoms with Crippen LogP contribution in [0.15, 0.2) is 18.2 Å². The fourth-order valence-electron chi connectivity index (χ4n) is 0.741. The maximum absolute atomic E-state index is 10.2. The van der Waals surface area contributed by atoms with Gasteiger partial charge < -0.3 is 5.11 Å². The molecule has 0 aliphatic rings. The van der Waals surface area contributed by atoms with Crippen LogP contribution >= 0.6 is 0 Å². The van der Waals surface area contributed by atoms with Gasteiger partial charge in [0.15, 0.2) is 5.75 Å². The fourth-order valence-corrected chi connectivity index (χ4v) is 0.741. The van der Waals surface area contributed by atoms with E-state index in [0.717, 1.165) is 12.1 Å². The molecule has 0 amide bonds. The van der Waals surface area contributed by atoms with E-state index in [1.807, 2.05) is 0 Å². The molecule has 1 aromatic rings. The highest BCUT2D eigenvalue weighted by Gasteiger charge is 2.12. The summed E-state index contributed by atoms with van der Waals surface area (Å²) in [6, 6.07) is 3.26. The summed E-state index contributed by atoms with van der Waals surface area (Å²) in [7, 11) is 0. The molecule has 0 fully saturated rings. The SMILES string of the molecule is O=[C]c1ccc([N+](=O)[O-])c(O)c1. The normalized spacial score (nSPS) is 9.33. The average molecular weight is 166 g/mol. The van der Waals surface area contributed by atoms with E-state index in [4.69, 9.17) is 5.11 Å². The molecule has 61 valence electrons. The summed E-state index contributed by atoms with van der Waals surface area (Å²) in [5.74, 6) is -0.527. The van der Waals surface area contributed by atoms with Crippen LogP contribution in [0.1, 0.15) is 5.56 Å². The zero-order valence-electron chi connectivity index (χ0n) is 5.85. The monoisotopic (exact) mass is 166 g/mol. The lowest BCUT2D eigenvalue weighted by atomic mass is 10.2. The summed E-state index contributed by atoms with van der Waals surface area (Å²) in [4.78, 5) is 19.5. The molecule has 12 heavy (non-hydrogen) atoms. The van der Waals surface area contributed by atoms with Gasteiger partial charge in [0, 0.05) is 11.6 Å². The second-order valence-corrected chi connectivity index (χ2v) is 2.06. The van der Waals surface area contributed by atoms with Crippen LogP contribution in [0.25, 0.3) is 0 Å². The molecular formula is C7H4NO4. The van der Waals surface area contributed by atoms with Crippen LogP contribution in [0.5, 0.6) is 5.75 Å². The lowest BCUT2D eigenvalue weighted by Gasteiger charge is -1.94. The molecule has 5 nitrogen and oxygen atoms in total. The van der Waals surface area contributed by atoms with Crippen LogP contribution in [0.4, 0.5) is 5.69 Å². The third kappa shape index (κ3) is 1.39. The minimum Gasteiger partial charge on any atom is -0.502 e. The number of phenolic OH excluding ortho intramolecular Hbond substituents is 1. The van der Waals surface area contributed by atoms with Crippen molar-refractivity contribution in [1.82, 2.24) is 0 Å². The smallest absolute Gasteiger partial charge is 0.310 e. The second kappa shape index (κ2) is 3.00. The topological polar surface area (TPSA) is 80.4 Å². The largest absolute Gasteiger partial charge is 0.502 e. The highest BCUT2D eigenvalue weighted by atomic mass is 16.6. The first-order chi connectivity index (χ1) is 5.65. The van der Waals surface area contributed by atoms with Crippen molar-refractivity contribution >= 4 is 12.0 Å². The summed E-state index contributed by atoms with van der Waals surface area (Å²) in [6.07, 6.45) is 1.50. The van der Waals surface area contributed by atoms with Crippen molar-refractivity contribution in [3.63, 3.8) is 0 Å². The van der Waals surface area contributed by atoms with E-state index in [1.54, 1.807) is 0 Å². The summed E-state index contributed by atoms with van der Waals surface area (Å²) < 4.78 is 0. The standard InChI is InChI=1S/C7H4NO4/c9-4-5-1-2-6(8(11)12)7(10)3-5/h1-3,10H. The maximum atomic E-state index is 10.2. The summed E-state index contributed by atoms with van der Waals surface area (Å²) in [5.41, 5.74) is -0.341. The Labute approximate surface area is 67.4 Å². The van der Waals surface area contributed by atoms with E-state index < -0.39 is 16.4 Å². The van der Waals surface area contributed by atoms with Gasteiger partial charge in [-0.2, -0.15) is 0 Å². The number of nitro benzene ring substituents is 1. The van der Waals surface area contributed by atoms with Crippen molar-refractivity contribution in [2.24, 2.45) is 0 Å². The van der Waals surface area contributed by atoms with E-state index in [0.29, 0.717) is 0 Å². The number of rotatable bonds is 2. The number of hydrogen-bond donors (Lipinski definition) is 1. The molecule has 0 heterocycles. The predicted octanol–water partition coefficient (Wildman–Crippen LogP) is 0.758. The van der Waals surface area contributed by atoms with Gasteiger partial charge in [-0.05, 0) is 12.1 Å². The fraction of sp³-hybridized carbons (Fsp3) is 0. The lowest BCUT2D eigenvalue weighted by Crippen LogP contribution is -1.89. The molecule has 1 rings (SSSR count). The van der Waals surface area contributed by atoms with Gasteiger partial charge in [-0.3, -0.25) is 14.9 Å². The van der Waals surface area contributed by atoms with Crippen molar-refractivity contribution in [2.75, 3.05) is 0 Å². The molecule has 0 unspecified atom stereocenters. The van der Waals surface area contributed by atoms with Crippen molar-refractivity contribution in [3.05, 3.63) is 33.9 Å². The molecule has 0 saturated heterocycles. The molecular weight excluding hydrogens is 162 g/mol. The van der Waals surface area contributed by atoms with E-state index >= 15 is 0 Å². The molecule has 1 radical (unpaired) electrons. The van der Waals surface area contributed by atoms with Crippen molar-refractivity contribution in [1.29, 1.82) is 0 Å². The van der Waals surface area contributed by atoms with Crippen LogP contribution in [-0.4, -0.2) is 16.3 Å². The Bertz CT molecular complexity index is 334. The van der Waals surface area contributed by atoms with E-state index in [-0.39, 0.29) is 5.56 Å². The first kappa shape index (κ1) is 8.19. The van der Waals surface area contributed by atoms with Gasteiger partial charge in [-0.25, -0.2) is 0 Å². The van der Waals surface area contributed by atoms with Gasteiger partial charge in [-0.1, -0.05) is 0 Å². The Balaban J connectivity index is 3.20. The highest BCUT2D eigenvalue weighted by Crippen LogP contribution is 2.25. The van der Waals surface area contributed by atoms with Crippen molar-refractivity contribution in [2.45, 2.75) is 0 Å². The number of phenols is 1. The number of nitro groups is 1. The molecule has 0 aliphatic carbocycles. The number of nitrogens with zero attached hydrogens (tertiary/aromatic N) is 1. The van der Waals surface area contributed by atoms with Crippen molar-refractivity contribution < 1.29 is 14.8 Å². The van der Waals surface area contributed by atoms with Gasteiger partial charge in [0.2, 0.25) is 6.29 Å². The third-order valence-electron chi connectivity index (χ3n) is 1.29. The predicted molar refractivity (Wildman–Crippen MR) is 39.6 cm³/mol. The van der Waals surface area contributed by atoms with E-state index in [2.05, 4.69) is 0 Å². The summed E-state index contributed by atoms with van der Waals surface area (Å²) in [5, 5.41) is 19.1. The third-order valence-corrected chi connectivity index (χ3v) is 1.29. The minimum atomic E-state index is -0.732. The summed E-state index contributed by atoms with van der Waals surface area (Å²) in [6.45, 7) is 0. The average Bonchev–Trinajstić information content (AvgIpc) is 2.03. The van der Waals surface area contributed by atoms with Gasteiger partial charge >= 0.3 is 5.69 Å². The molecule has 0 saturated carbocycles. The van der Waals surface area contributed by atoms with Gasteiger partial charge in [0.1, 0.15) is 0 Å². The maximum Gasteiger partial charge on any atom is 0.310 e. The first-order valence-corrected chi connectivity index (χ1v) is 3.00. The molecule has 1 N–H and O–H groups in total. The van der Waals surface area contributed by atoms with Gasteiger partial charge in [0.05, 0.1) is 4.92 Å². The highest BCUT2D eigenvalue weighted by molar-refractivity contribution is 5.77. The second-order valence-electron chi connectivity index (χ2n) is 2.06. The Morgan fingerprint density at radius 1 is 1.50 bits per heavy atom. The molecule has 0 bridgehead atoms. The van der Waals surface area contributed by atoms with Gasteiger partial charge in [-0.15, -0.1) is 0 Å². The van der Waals surface area contributed by atoms with Crippen LogP contribution in [-0.2, 0) is 4.79 Å². The van der Waals surface area contributed by atoms with Crippen molar-refractivity contribution in [3.8, 4) is 5.75 Å². The van der Waals surface area contributed by atoms with E-state index in [9.17, 15) is 14.9 Å². The van der Waals surface area contributed by atoms with Crippen LogP contribution in [0.2, 0.25) is 0 Å². The Morgan fingerprint density at radius 3 is 2.58 bits per heavy atom. The zero-order valence-corrected chi connectivity index (χ0v) is 5.85. The van der Waals surface area contributed by atoms with Crippen LogP contribution in [0.3, 0.4) is 0 Å². The number of aromatic hydroxyl groups is 1. The summed E-state index contributed by atoms with van der Waals surface area (Å²) >= 11 is 0. The number of carbonyl (C=O) groups excluding carboxylic acids is 1. The van der Waals surface area contributed by atoms with Crippen LogP contribution < -0.4 is 0 Å². The van der Waals surface area contributed by atoms with E-state index in [1.165, 1.54) is 12.4 Å². The molecule has 0 atom stereocenters. The molecule has 0 aromatic heterocycles. The zero-order chi connectivity index (χ0) is 9.14. The lowest BCUT2D eigenvalue weighted by molar-refractivity contribution is -0.385. The Morgan fingerprint density at radius 2 is 2.17 bits per heavy atom. The Hall–Kier alpha value is -1.91. The Kier molecular flexibility index (Phi) is 2.05. The number of hydrogen-bond acceptors (Lipinski definition) is 4. The molecule has 0 aliphatic heterocycles. The number of benzene rings is 1. The van der Waals surface area contributed by atoms with Gasteiger partial charge in [0.25, 0.3) is 0 Å². The quantitative estimate of drug-likeness (QED) is 0.519. The first-order valence-electron chi connectivity index (χ1n) is 3.00. The van der Waals surface area contributed by atoms with Crippen LogP contribution in [0, 0.1) is 10.1 Å². The molecule has 5 heteroatoms. The minimum absolute atomic E-state index is 0.0816. The molecule has 1 aromatic carbocycles.